The lowest BCUT2D eigenvalue weighted by Gasteiger charge is -2.29. The molecule has 0 fully saturated rings. The summed E-state index contributed by atoms with van der Waals surface area (Å²) in [5.41, 5.74) is 1.65. The highest BCUT2D eigenvalue weighted by Gasteiger charge is 2.14. The largest absolute Gasteiger partial charge is 0.376 e. The molecule has 0 amide bonds. The Balaban J connectivity index is 4.06. The van der Waals surface area contributed by atoms with E-state index in [0.29, 0.717) is 5.41 Å². The van der Waals surface area contributed by atoms with Gasteiger partial charge in [0.1, 0.15) is 0 Å². The number of hydrogen-bond donors (Lipinski definition) is 0. The number of hydrogen-bond acceptors (Lipinski definition) is 1. The summed E-state index contributed by atoms with van der Waals surface area (Å²) in [4.78, 5) is 2.38. The van der Waals surface area contributed by atoms with Gasteiger partial charge in [0.05, 0.1) is 0 Å². The molecule has 0 unspecified atom stereocenters. The molecule has 0 radical (unpaired) electrons. The Morgan fingerprint density at radius 2 is 1.77 bits per heavy atom. The van der Waals surface area contributed by atoms with Crippen molar-refractivity contribution in [3.63, 3.8) is 0 Å². The fraction of sp³-hybridized carbons (Fsp3) is 0.833. The minimum absolute atomic E-state index is 0.359. The molecule has 0 atom stereocenters. The molecule has 0 aliphatic rings. The molecule has 13 heavy (non-hydrogen) atoms. The van der Waals surface area contributed by atoms with Gasteiger partial charge in [-0.2, -0.15) is 0 Å². The number of allylic oxidation sites excluding steroid dienone is 1. The fourth-order valence-electron chi connectivity index (χ4n) is 1.53. The average molecular weight is 183 g/mol. The molecule has 0 aliphatic carbocycles. The van der Waals surface area contributed by atoms with Gasteiger partial charge in [-0.25, -0.2) is 0 Å². The standard InChI is InChI=1S/C12H25N/c1-7-9-13(8-2)11(3)10-12(4,5)6/h3,7-10H2,1-2,4-6H3. The topological polar surface area (TPSA) is 3.24 Å². The van der Waals surface area contributed by atoms with E-state index in [0.717, 1.165) is 19.5 Å². The highest BCUT2D eigenvalue weighted by Crippen LogP contribution is 2.24. The smallest absolute Gasteiger partial charge is 0.0172 e. The van der Waals surface area contributed by atoms with Gasteiger partial charge >= 0.3 is 0 Å². The number of rotatable bonds is 5. The zero-order chi connectivity index (χ0) is 10.5. The van der Waals surface area contributed by atoms with Crippen LogP contribution in [-0.2, 0) is 0 Å². The van der Waals surface area contributed by atoms with Gasteiger partial charge in [0, 0.05) is 18.8 Å². The van der Waals surface area contributed by atoms with E-state index in [4.69, 9.17) is 0 Å². The molecule has 0 aromatic carbocycles. The van der Waals surface area contributed by atoms with Crippen LogP contribution in [0.25, 0.3) is 0 Å². The lowest BCUT2D eigenvalue weighted by Crippen LogP contribution is -2.25. The van der Waals surface area contributed by atoms with E-state index in [2.05, 4.69) is 46.1 Å². The molecule has 0 aromatic rings. The first-order chi connectivity index (χ1) is 5.90. The first kappa shape index (κ1) is 12.5. The predicted octanol–water partition coefficient (Wildman–Crippen LogP) is 3.67. The molecule has 0 saturated carbocycles. The summed E-state index contributed by atoms with van der Waals surface area (Å²) in [5.74, 6) is 0. The number of nitrogens with zero attached hydrogens (tertiary/aromatic N) is 1. The molecular weight excluding hydrogens is 158 g/mol. The van der Waals surface area contributed by atoms with Crippen molar-refractivity contribution in [2.24, 2.45) is 5.41 Å². The highest BCUT2D eigenvalue weighted by atomic mass is 15.1. The van der Waals surface area contributed by atoms with Crippen LogP contribution >= 0.6 is 0 Å². The van der Waals surface area contributed by atoms with E-state index < -0.39 is 0 Å². The SMILES string of the molecule is C=C(CC(C)(C)C)N(CC)CCC. The van der Waals surface area contributed by atoms with E-state index in [1.165, 1.54) is 12.1 Å². The van der Waals surface area contributed by atoms with Gasteiger partial charge in [0.2, 0.25) is 0 Å². The van der Waals surface area contributed by atoms with E-state index in [1.54, 1.807) is 0 Å². The molecule has 0 aromatic heterocycles. The van der Waals surface area contributed by atoms with Crippen LogP contribution < -0.4 is 0 Å². The van der Waals surface area contributed by atoms with Crippen molar-refractivity contribution in [2.75, 3.05) is 13.1 Å². The molecule has 0 bridgehead atoms. The van der Waals surface area contributed by atoms with E-state index in [1.807, 2.05) is 0 Å². The molecule has 1 nitrogen and oxygen atoms in total. The summed E-state index contributed by atoms with van der Waals surface area (Å²) in [6.07, 6.45) is 2.30. The summed E-state index contributed by atoms with van der Waals surface area (Å²) in [5, 5.41) is 0. The van der Waals surface area contributed by atoms with Gasteiger partial charge in [0.25, 0.3) is 0 Å². The Morgan fingerprint density at radius 1 is 1.23 bits per heavy atom. The normalized spacial score (nSPS) is 11.5. The maximum atomic E-state index is 4.16. The van der Waals surface area contributed by atoms with E-state index in [9.17, 15) is 0 Å². The van der Waals surface area contributed by atoms with Crippen LogP contribution in [-0.4, -0.2) is 18.0 Å². The van der Waals surface area contributed by atoms with Gasteiger partial charge in [-0.15, -0.1) is 0 Å². The van der Waals surface area contributed by atoms with Crippen molar-refractivity contribution >= 4 is 0 Å². The second-order valence-corrected chi connectivity index (χ2v) is 4.88. The summed E-state index contributed by atoms with van der Waals surface area (Å²) in [6, 6.07) is 0. The summed E-state index contributed by atoms with van der Waals surface area (Å²) in [7, 11) is 0. The fourth-order valence-corrected chi connectivity index (χ4v) is 1.53. The molecule has 0 aliphatic heterocycles. The summed E-state index contributed by atoms with van der Waals surface area (Å²) < 4.78 is 0. The second kappa shape index (κ2) is 5.31. The van der Waals surface area contributed by atoms with Crippen LogP contribution in [0.15, 0.2) is 12.3 Å². The first-order valence-electron chi connectivity index (χ1n) is 5.33. The van der Waals surface area contributed by atoms with Crippen LogP contribution in [0, 0.1) is 5.41 Å². The van der Waals surface area contributed by atoms with Gasteiger partial charge in [-0.3, -0.25) is 0 Å². The molecule has 0 rings (SSSR count). The minimum atomic E-state index is 0.359. The van der Waals surface area contributed by atoms with Crippen molar-refractivity contribution in [2.45, 2.75) is 47.5 Å². The third kappa shape index (κ3) is 5.73. The maximum absolute atomic E-state index is 4.16. The van der Waals surface area contributed by atoms with Crippen molar-refractivity contribution < 1.29 is 0 Å². The Labute approximate surface area is 83.8 Å². The molecule has 0 spiro atoms. The van der Waals surface area contributed by atoms with Gasteiger partial charge < -0.3 is 4.90 Å². The summed E-state index contributed by atoms with van der Waals surface area (Å²) >= 11 is 0. The van der Waals surface area contributed by atoms with Crippen LogP contribution in [0.5, 0.6) is 0 Å². The zero-order valence-electron chi connectivity index (χ0n) is 9.98. The van der Waals surface area contributed by atoms with Crippen molar-refractivity contribution in [3.8, 4) is 0 Å². The lowest BCUT2D eigenvalue weighted by atomic mass is 9.90. The molecule has 0 saturated heterocycles. The van der Waals surface area contributed by atoms with E-state index >= 15 is 0 Å². The minimum Gasteiger partial charge on any atom is -0.376 e. The van der Waals surface area contributed by atoms with Crippen molar-refractivity contribution in [1.82, 2.24) is 4.90 Å². The van der Waals surface area contributed by atoms with Crippen LogP contribution in [0.1, 0.15) is 47.5 Å². The Morgan fingerprint density at radius 3 is 2.08 bits per heavy atom. The molecule has 0 N–H and O–H groups in total. The molecule has 78 valence electrons. The van der Waals surface area contributed by atoms with Crippen LogP contribution in [0.4, 0.5) is 0 Å². The molecular formula is C12H25N. The van der Waals surface area contributed by atoms with Crippen molar-refractivity contribution in [1.29, 1.82) is 0 Å². The molecule has 1 heteroatoms. The van der Waals surface area contributed by atoms with Crippen molar-refractivity contribution in [3.05, 3.63) is 12.3 Å². The Bertz CT molecular complexity index is 153. The van der Waals surface area contributed by atoms with Gasteiger partial charge in [0.15, 0.2) is 0 Å². The quantitative estimate of drug-likeness (QED) is 0.628. The lowest BCUT2D eigenvalue weighted by molar-refractivity contribution is 0.300. The first-order valence-corrected chi connectivity index (χ1v) is 5.33. The van der Waals surface area contributed by atoms with Crippen LogP contribution in [0.3, 0.4) is 0 Å². The average Bonchev–Trinajstić information content (AvgIpc) is 1.96. The third-order valence-electron chi connectivity index (χ3n) is 2.06. The van der Waals surface area contributed by atoms with Crippen LogP contribution in [0.2, 0.25) is 0 Å². The maximum Gasteiger partial charge on any atom is 0.0172 e. The summed E-state index contributed by atoms with van der Waals surface area (Å²) in [6.45, 7) is 17.6. The Kier molecular flexibility index (Phi) is 5.12. The zero-order valence-corrected chi connectivity index (χ0v) is 9.98. The molecule has 0 heterocycles. The van der Waals surface area contributed by atoms with Gasteiger partial charge in [-0.05, 0) is 25.2 Å². The monoisotopic (exact) mass is 183 g/mol. The highest BCUT2D eigenvalue weighted by molar-refractivity contribution is 4.96. The second-order valence-electron chi connectivity index (χ2n) is 4.88. The predicted molar refractivity (Wildman–Crippen MR) is 60.8 cm³/mol. The third-order valence-corrected chi connectivity index (χ3v) is 2.06. The van der Waals surface area contributed by atoms with E-state index in [-0.39, 0.29) is 0 Å². The van der Waals surface area contributed by atoms with Gasteiger partial charge in [-0.1, -0.05) is 34.3 Å². The Hall–Kier alpha value is -0.460.